The number of amides is 1. The summed E-state index contributed by atoms with van der Waals surface area (Å²) in [6, 6.07) is 22.7. The molecule has 1 aromatic heterocycles. The first-order valence-corrected chi connectivity index (χ1v) is 10.9. The Hall–Kier alpha value is -3.18. The topological polar surface area (TPSA) is 71.3 Å². The third-order valence-electron chi connectivity index (χ3n) is 6.14. The molecule has 1 heterocycles. The fourth-order valence-electron chi connectivity index (χ4n) is 4.51. The van der Waals surface area contributed by atoms with Crippen molar-refractivity contribution in [2.24, 2.45) is 11.8 Å². The highest BCUT2D eigenvalue weighted by Gasteiger charge is 2.30. The fraction of sp³-hybridized carbons (Fsp3) is 0.308. The predicted molar refractivity (Wildman–Crippen MR) is 122 cm³/mol. The van der Waals surface area contributed by atoms with E-state index < -0.39 is 0 Å². The van der Waals surface area contributed by atoms with Gasteiger partial charge < -0.3 is 15.0 Å². The molecule has 160 valence electrons. The zero-order chi connectivity index (χ0) is 21.6. The summed E-state index contributed by atoms with van der Waals surface area (Å²) in [5.41, 5.74) is 2.77. The molecule has 31 heavy (non-hydrogen) atoms. The van der Waals surface area contributed by atoms with Gasteiger partial charge in [0.05, 0.1) is 6.10 Å². The number of rotatable bonds is 7. The Bertz CT molecular complexity index is 1060. The van der Waals surface area contributed by atoms with Crippen LogP contribution in [0.25, 0.3) is 0 Å². The minimum absolute atomic E-state index is 0.00533. The van der Waals surface area contributed by atoms with Crippen molar-refractivity contribution in [3.05, 3.63) is 100 Å². The largest absolute Gasteiger partial charge is 0.388 e. The first kappa shape index (κ1) is 21.1. The molecule has 0 spiro atoms. The van der Waals surface area contributed by atoms with Crippen LogP contribution >= 0.6 is 0 Å². The molecule has 1 saturated carbocycles. The van der Waals surface area contributed by atoms with Gasteiger partial charge in [0, 0.05) is 18.0 Å². The van der Waals surface area contributed by atoms with Gasteiger partial charge in [-0.2, -0.15) is 0 Å². The van der Waals surface area contributed by atoms with Crippen LogP contribution in [0.4, 0.5) is 5.69 Å². The summed E-state index contributed by atoms with van der Waals surface area (Å²) in [6.45, 7) is -0.00533. The second-order valence-corrected chi connectivity index (χ2v) is 8.41. The van der Waals surface area contributed by atoms with E-state index in [0.29, 0.717) is 11.8 Å². The third kappa shape index (κ3) is 5.50. The SMILES string of the molecule is O=C(Cn1ccccc1=O)Nc1ccc(C[C@@H]2CC[C@H]([C@H](O)c3ccccc3)C2)cc1. The highest BCUT2D eigenvalue weighted by atomic mass is 16.3. The highest BCUT2D eigenvalue weighted by Crippen LogP contribution is 2.40. The summed E-state index contributed by atoms with van der Waals surface area (Å²) in [7, 11) is 0. The molecule has 3 atom stereocenters. The number of nitrogens with zero attached hydrogens (tertiary/aromatic N) is 1. The number of benzene rings is 2. The molecule has 1 fully saturated rings. The second kappa shape index (κ2) is 9.75. The van der Waals surface area contributed by atoms with Crippen molar-refractivity contribution < 1.29 is 9.90 Å². The molecule has 0 radical (unpaired) electrons. The maximum atomic E-state index is 12.2. The van der Waals surface area contributed by atoms with Crippen LogP contribution in [0.2, 0.25) is 0 Å². The van der Waals surface area contributed by atoms with E-state index in [0.717, 1.165) is 36.9 Å². The molecule has 0 saturated heterocycles. The van der Waals surface area contributed by atoms with Crippen molar-refractivity contribution in [3.8, 4) is 0 Å². The first-order chi connectivity index (χ1) is 15.1. The van der Waals surface area contributed by atoms with Crippen LogP contribution in [-0.4, -0.2) is 15.6 Å². The van der Waals surface area contributed by atoms with E-state index in [4.69, 9.17) is 0 Å². The van der Waals surface area contributed by atoms with Gasteiger partial charge in [0.25, 0.3) is 5.56 Å². The molecule has 1 aliphatic rings. The van der Waals surface area contributed by atoms with Crippen LogP contribution in [-0.2, 0) is 17.8 Å². The lowest BCUT2D eigenvalue weighted by Crippen LogP contribution is -2.26. The molecule has 0 aliphatic heterocycles. The molecule has 2 N–H and O–H groups in total. The van der Waals surface area contributed by atoms with Gasteiger partial charge in [-0.25, -0.2) is 0 Å². The first-order valence-electron chi connectivity index (χ1n) is 10.9. The molecule has 1 amide bonds. The van der Waals surface area contributed by atoms with E-state index >= 15 is 0 Å². The van der Waals surface area contributed by atoms with Crippen LogP contribution in [0.15, 0.2) is 83.8 Å². The minimum Gasteiger partial charge on any atom is -0.388 e. The van der Waals surface area contributed by atoms with E-state index in [1.807, 2.05) is 54.6 Å². The molecule has 1 aliphatic carbocycles. The smallest absolute Gasteiger partial charge is 0.250 e. The van der Waals surface area contributed by atoms with Crippen molar-refractivity contribution in [2.75, 3.05) is 5.32 Å². The molecular formula is C26H28N2O3. The van der Waals surface area contributed by atoms with Gasteiger partial charge in [0.1, 0.15) is 6.54 Å². The van der Waals surface area contributed by atoms with E-state index in [1.165, 1.54) is 16.2 Å². The predicted octanol–water partition coefficient (Wildman–Crippen LogP) is 4.18. The summed E-state index contributed by atoms with van der Waals surface area (Å²) >= 11 is 0. The minimum atomic E-state index is -0.388. The highest BCUT2D eigenvalue weighted by molar-refractivity contribution is 5.90. The lowest BCUT2D eigenvalue weighted by Gasteiger charge is -2.19. The number of hydrogen-bond acceptors (Lipinski definition) is 3. The normalized spacial score (nSPS) is 19.1. The number of carbonyl (C=O) groups excluding carboxylic acids is 1. The Balaban J connectivity index is 1.28. The Morgan fingerprint density at radius 3 is 2.48 bits per heavy atom. The van der Waals surface area contributed by atoms with E-state index in [-0.39, 0.29) is 24.1 Å². The lowest BCUT2D eigenvalue weighted by molar-refractivity contribution is -0.116. The number of nitrogens with one attached hydrogen (secondary N) is 1. The van der Waals surface area contributed by atoms with Gasteiger partial charge in [0.2, 0.25) is 5.91 Å². The maximum absolute atomic E-state index is 12.2. The van der Waals surface area contributed by atoms with Gasteiger partial charge in [0.15, 0.2) is 0 Å². The van der Waals surface area contributed by atoms with E-state index in [9.17, 15) is 14.7 Å². The number of anilines is 1. The average molecular weight is 417 g/mol. The van der Waals surface area contributed by atoms with Crippen molar-refractivity contribution in [3.63, 3.8) is 0 Å². The molecule has 2 aromatic carbocycles. The molecule has 0 unspecified atom stereocenters. The van der Waals surface area contributed by atoms with Crippen molar-refractivity contribution >= 4 is 11.6 Å². The summed E-state index contributed by atoms with van der Waals surface area (Å²) in [5, 5.41) is 13.5. The third-order valence-corrected chi connectivity index (χ3v) is 6.14. The zero-order valence-corrected chi connectivity index (χ0v) is 17.5. The molecular weight excluding hydrogens is 388 g/mol. The molecule has 0 bridgehead atoms. The van der Waals surface area contributed by atoms with Gasteiger partial charge in [-0.3, -0.25) is 9.59 Å². The number of aromatic nitrogens is 1. The molecule has 3 aromatic rings. The van der Waals surface area contributed by atoms with Crippen LogP contribution in [0.1, 0.15) is 36.5 Å². The Morgan fingerprint density at radius 2 is 1.74 bits per heavy atom. The summed E-state index contributed by atoms with van der Waals surface area (Å²) < 4.78 is 1.38. The monoisotopic (exact) mass is 416 g/mol. The van der Waals surface area contributed by atoms with Gasteiger partial charge in [-0.15, -0.1) is 0 Å². The van der Waals surface area contributed by atoms with Crippen LogP contribution in [0.3, 0.4) is 0 Å². The van der Waals surface area contributed by atoms with Crippen LogP contribution in [0.5, 0.6) is 0 Å². The van der Waals surface area contributed by atoms with Crippen molar-refractivity contribution in [2.45, 2.75) is 38.3 Å². The van der Waals surface area contributed by atoms with E-state index in [2.05, 4.69) is 5.32 Å². The summed E-state index contributed by atoms with van der Waals surface area (Å²) in [5.74, 6) is 0.649. The van der Waals surface area contributed by atoms with Crippen molar-refractivity contribution in [1.82, 2.24) is 4.57 Å². The van der Waals surface area contributed by atoms with Gasteiger partial charge >= 0.3 is 0 Å². The average Bonchev–Trinajstić information content (AvgIpc) is 3.25. The van der Waals surface area contributed by atoms with Gasteiger partial charge in [-0.05, 0) is 66.8 Å². The lowest BCUT2D eigenvalue weighted by atomic mass is 9.91. The van der Waals surface area contributed by atoms with Gasteiger partial charge in [-0.1, -0.05) is 48.5 Å². The standard InChI is InChI=1S/C26H28N2O3/c29-24(18-28-15-5-4-8-25(28)30)27-23-13-10-19(11-14-23)16-20-9-12-22(17-20)26(31)21-6-2-1-3-7-21/h1-8,10-11,13-15,20,22,26,31H,9,12,16-18H2,(H,27,29)/t20-,22-,26+/m0/s1. The Kier molecular flexibility index (Phi) is 6.63. The molecule has 5 heteroatoms. The van der Waals surface area contributed by atoms with Crippen LogP contribution < -0.4 is 10.9 Å². The number of aliphatic hydroxyl groups is 1. The molecule has 5 nitrogen and oxygen atoms in total. The Morgan fingerprint density at radius 1 is 1.00 bits per heavy atom. The van der Waals surface area contributed by atoms with Crippen LogP contribution in [0, 0.1) is 11.8 Å². The summed E-state index contributed by atoms with van der Waals surface area (Å²) in [4.78, 5) is 23.9. The maximum Gasteiger partial charge on any atom is 0.250 e. The Labute approximate surface area is 182 Å². The molecule has 4 rings (SSSR count). The quantitative estimate of drug-likeness (QED) is 0.607. The zero-order valence-electron chi connectivity index (χ0n) is 17.5. The van der Waals surface area contributed by atoms with Crippen molar-refractivity contribution in [1.29, 1.82) is 0 Å². The number of carbonyl (C=O) groups is 1. The number of hydrogen-bond donors (Lipinski definition) is 2. The fourth-order valence-corrected chi connectivity index (χ4v) is 4.51. The second-order valence-electron chi connectivity index (χ2n) is 8.41. The summed E-state index contributed by atoms with van der Waals surface area (Å²) in [6.07, 6.45) is 5.40. The van der Waals surface area contributed by atoms with E-state index in [1.54, 1.807) is 18.3 Å². The number of aliphatic hydroxyl groups excluding tert-OH is 1. The number of pyridine rings is 1.